The Labute approximate surface area is 67.2 Å². The van der Waals surface area contributed by atoms with Crippen LogP contribution < -0.4 is 5.73 Å². The number of hydrogen-bond acceptors (Lipinski definition) is 3. The van der Waals surface area contributed by atoms with Crippen LogP contribution in [0.5, 0.6) is 0 Å². The first kappa shape index (κ1) is 10.2. The fraction of sp³-hybridized carbons (Fsp3) is 0.625. The van der Waals surface area contributed by atoms with E-state index in [1.165, 1.54) is 0 Å². The maximum Gasteiger partial charge on any atom is 0.333 e. The highest BCUT2D eigenvalue weighted by Gasteiger charge is 2.05. The van der Waals surface area contributed by atoms with Crippen molar-refractivity contribution in [1.82, 2.24) is 0 Å². The third-order valence-corrected chi connectivity index (χ3v) is 1.19. The zero-order valence-electron chi connectivity index (χ0n) is 6.93. The molecule has 0 heterocycles. The van der Waals surface area contributed by atoms with Crippen molar-refractivity contribution in [2.24, 2.45) is 5.73 Å². The van der Waals surface area contributed by atoms with Crippen molar-refractivity contribution in [3.8, 4) is 0 Å². The molecule has 0 unspecified atom stereocenters. The van der Waals surface area contributed by atoms with Gasteiger partial charge in [-0.25, -0.2) is 4.79 Å². The van der Waals surface area contributed by atoms with Gasteiger partial charge in [0.2, 0.25) is 0 Å². The Balaban J connectivity index is 3.56. The zero-order chi connectivity index (χ0) is 8.69. The van der Waals surface area contributed by atoms with E-state index in [1.54, 1.807) is 0 Å². The summed E-state index contributed by atoms with van der Waals surface area (Å²) in [4.78, 5) is 10.9. The number of hydrogen-bond donors (Lipinski definition) is 1. The summed E-state index contributed by atoms with van der Waals surface area (Å²) in [5.41, 5.74) is 5.67. The van der Waals surface area contributed by atoms with Gasteiger partial charge in [0.05, 0.1) is 0 Å². The smallest absolute Gasteiger partial charge is 0.333 e. The molecule has 0 atom stereocenters. The average molecular weight is 157 g/mol. The molecule has 11 heavy (non-hydrogen) atoms. The first-order chi connectivity index (χ1) is 5.22. The molecule has 0 radical (unpaired) electrons. The van der Waals surface area contributed by atoms with Gasteiger partial charge in [0.15, 0.2) is 0 Å². The average Bonchev–Trinajstić information content (AvgIpc) is 2.00. The van der Waals surface area contributed by atoms with Crippen LogP contribution in [0.3, 0.4) is 0 Å². The molecule has 0 aromatic heterocycles. The summed E-state index contributed by atoms with van der Waals surface area (Å²) in [6.45, 7) is 6.21. The van der Waals surface area contributed by atoms with Gasteiger partial charge in [0.25, 0.3) is 0 Å². The van der Waals surface area contributed by atoms with Crippen LogP contribution in [-0.4, -0.2) is 19.1 Å². The van der Waals surface area contributed by atoms with E-state index in [9.17, 15) is 4.79 Å². The molecule has 0 aliphatic rings. The van der Waals surface area contributed by atoms with Crippen LogP contribution in [0.4, 0.5) is 0 Å². The quantitative estimate of drug-likeness (QED) is 0.475. The van der Waals surface area contributed by atoms with Crippen LogP contribution in [0.1, 0.15) is 19.8 Å². The minimum absolute atomic E-state index is 0.279. The van der Waals surface area contributed by atoms with Crippen molar-refractivity contribution < 1.29 is 9.53 Å². The standard InChI is InChI=1S/C8H15NO2/c1-3-4-7(2)8(10)11-6-5-9/h2-6,9H2,1H3. The Morgan fingerprint density at radius 3 is 2.73 bits per heavy atom. The fourth-order valence-electron chi connectivity index (χ4n) is 0.658. The minimum Gasteiger partial charge on any atom is -0.461 e. The summed E-state index contributed by atoms with van der Waals surface area (Å²) in [5, 5.41) is 0. The summed E-state index contributed by atoms with van der Waals surface area (Å²) < 4.78 is 4.74. The van der Waals surface area contributed by atoms with E-state index in [0.717, 1.165) is 6.42 Å². The van der Waals surface area contributed by atoms with E-state index < -0.39 is 0 Å². The van der Waals surface area contributed by atoms with Crippen LogP contribution in [0, 0.1) is 0 Å². The van der Waals surface area contributed by atoms with Gasteiger partial charge in [0, 0.05) is 12.1 Å². The summed E-state index contributed by atoms with van der Waals surface area (Å²) in [6.07, 6.45) is 1.61. The number of rotatable bonds is 5. The van der Waals surface area contributed by atoms with E-state index in [0.29, 0.717) is 18.5 Å². The largest absolute Gasteiger partial charge is 0.461 e. The fourth-order valence-corrected chi connectivity index (χ4v) is 0.658. The van der Waals surface area contributed by atoms with E-state index >= 15 is 0 Å². The van der Waals surface area contributed by atoms with Crippen LogP contribution in [0.2, 0.25) is 0 Å². The Kier molecular flexibility index (Phi) is 5.47. The monoisotopic (exact) mass is 157 g/mol. The summed E-state index contributed by atoms with van der Waals surface area (Å²) in [6, 6.07) is 0. The van der Waals surface area contributed by atoms with E-state index in [2.05, 4.69) is 6.58 Å². The van der Waals surface area contributed by atoms with Gasteiger partial charge < -0.3 is 10.5 Å². The molecule has 0 spiro atoms. The molecule has 0 saturated carbocycles. The highest BCUT2D eigenvalue weighted by Crippen LogP contribution is 2.03. The first-order valence-corrected chi connectivity index (χ1v) is 3.77. The van der Waals surface area contributed by atoms with Crippen LogP contribution in [0.25, 0.3) is 0 Å². The maximum absolute atomic E-state index is 10.9. The first-order valence-electron chi connectivity index (χ1n) is 3.77. The molecule has 0 aliphatic heterocycles. The number of carbonyl (C=O) groups excluding carboxylic acids is 1. The minimum atomic E-state index is -0.322. The predicted octanol–water partition coefficient (Wildman–Crippen LogP) is 0.845. The summed E-state index contributed by atoms with van der Waals surface area (Å²) in [5.74, 6) is -0.322. The number of ether oxygens (including phenoxy) is 1. The van der Waals surface area contributed by atoms with Gasteiger partial charge in [-0.3, -0.25) is 0 Å². The topological polar surface area (TPSA) is 52.3 Å². The van der Waals surface area contributed by atoms with Crippen molar-refractivity contribution in [2.45, 2.75) is 19.8 Å². The number of carbonyl (C=O) groups is 1. The molecule has 0 fully saturated rings. The van der Waals surface area contributed by atoms with Gasteiger partial charge in [-0.1, -0.05) is 19.9 Å². The summed E-state index contributed by atoms with van der Waals surface area (Å²) >= 11 is 0. The summed E-state index contributed by atoms with van der Waals surface area (Å²) in [7, 11) is 0. The van der Waals surface area contributed by atoms with Crippen molar-refractivity contribution in [3.05, 3.63) is 12.2 Å². The molecule has 0 bridgehead atoms. The van der Waals surface area contributed by atoms with Crippen LogP contribution >= 0.6 is 0 Å². The van der Waals surface area contributed by atoms with E-state index in [4.69, 9.17) is 10.5 Å². The zero-order valence-corrected chi connectivity index (χ0v) is 6.93. The molecular weight excluding hydrogens is 142 g/mol. The molecule has 3 heteroatoms. The van der Waals surface area contributed by atoms with Gasteiger partial charge in [-0.2, -0.15) is 0 Å². The molecule has 64 valence electrons. The molecule has 2 N–H and O–H groups in total. The lowest BCUT2D eigenvalue weighted by molar-refractivity contribution is -0.138. The second kappa shape index (κ2) is 5.92. The van der Waals surface area contributed by atoms with Crippen molar-refractivity contribution >= 4 is 5.97 Å². The highest BCUT2D eigenvalue weighted by molar-refractivity contribution is 5.87. The molecule has 3 nitrogen and oxygen atoms in total. The molecule has 0 rings (SSSR count). The lowest BCUT2D eigenvalue weighted by atomic mass is 10.2. The normalized spacial score (nSPS) is 9.27. The molecule has 0 aliphatic carbocycles. The second-order valence-corrected chi connectivity index (χ2v) is 2.28. The van der Waals surface area contributed by atoms with Crippen molar-refractivity contribution in [1.29, 1.82) is 0 Å². The van der Waals surface area contributed by atoms with Gasteiger partial charge in [0.1, 0.15) is 6.61 Å². The van der Waals surface area contributed by atoms with Crippen molar-refractivity contribution in [2.75, 3.05) is 13.2 Å². The SMILES string of the molecule is C=C(CCC)C(=O)OCCN. The van der Waals surface area contributed by atoms with Crippen LogP contribution in [-0.2, 0) is 9.53 Å². The lowest BCUT2D eigenvalue weighted by Gasteiger charge is -2.03. The molecule has 0 aromatic carbocycles. The molecule has 0 amide bonds. The van der Waals surface area contributed by atoms with Crippen molar-refractivity contribution in [3.63, 3.8) is 0 Å². The van der Waals surface area contributed by atoms with Crippen LogP contribution in [0.15, 0.2) is 12.2 Å². The van der Waals surface area contributed by atoms with E-state index in [1.807, 2.05) is 6.92 Å². The highest BCUT2D eigenvalue weighted by atomic mass is 16.5. The lowest BCUT2D eigenvalue weighted by Crippen LogP contribution is -2.14. The third kappa shape index (κ3) is 4.56. The van der Waals surface area contributed by atoms with Gasteiger partial charge in [-0.05, 0) is 6.42 Å². The predicted molar refractivity (Wildman–Crippen MR) is 44.1 cm³/mol. The molecule has 0 saturated heterocycles. The number of esters is 1. The van der Waals surface area contributed by atoms with E-state index in [-0.39, 0.29) is 12.6 Å². The Morgan fingerprint density at radius 2 is 2.27 bits per heavy atom. The third-order valence-electron chi connectivity index (χ3n) is 1.19. The Morgan fingerprint density at radius 1 is 1.64 bits per heavy atom. The van der Waals surface area contributed by atoms with Gasteiger partial charge in [-0.15, -0.1) is 0 Å². The number of nitrogens with two attached hydrogens (primary N) is 1. The van der Waals surface area contributed by atoms with Gasteiger partial charge >= 0.3 is 5.97 Å². The maximum atomic E-state index is 10.9. The second-order valence-electron chi connectivity index (χ2n) is 2.28. The molecule has 0 aromatic rings. The Hall–Kier alpha value is -0.830. The molecular formula is C8H15NO2. The Bertz CT molecular complexity index is 143.